The Bertz CT molecular complexity index is 820. The summed E-state index contributed by atoms with van der Waals surface area (Å²) in [7, 11) is 0. The lowest BCUT2D eigenvalue weighted by Crippen LogP contribution is -2.38. The molecule has 2 aromatic rings. The molecule has 6 nitrogen and oxygen atoms in total. The predicted molar refractivity (Wildman–Crippen MR) is 106 cm³/mol. The molecule has 0 aromatic heterocycles. The second-order valence-electron chi connectivity index (χ2n) is 5.52. The molecule has 27 heavy (non-hydrogen) atoms. The summed E-state index contributed by atoms with van der Waals surface area (Å²) in [5, 5.41) is 7.30. The molecule has 0 saturated carbocycles. The summed E-state index contributed by atoms with van der Waals surface area (Å²) in [6, 6.07) is 12.3. The van der Waals surface area contributed by atoms with E-state index in [1.807, 2.05) is 6.92 Å². The van der Waals surface area contributed by atoms with Gasteiger partial charge in [0.2, 0.25) is 0 Å². The summed E-state index contributed by atoms with van der Waals surface area (Å²) in [6.07, 6.45) is 2.16. The molecule has 142 valence electrons. The molecule has 8 heteroatoms. The number of benzene rings is 2. The molecule has 0 saturated heterocycles. The van der Waals surface area contributed by atoms with Crippen molar-refractivity contribution in [3.63, 3.8) is 0 Å². The minimum absolute atomic E-state index is 0.216. The van der Waals surface area contributed by atoms with Gasteiger partial charge in [0.25, 0.3) is 0 Å². The number of rotatable bonds is 7. The molecule has 0 heterocycles. The third-order valence-corrected chi connectivity index (χ3v) is 4.13. The molecule has 2 N–H and O–H groups in total. The molecule has 0 atom stereocenters. The zero-order chi connectivity index (χ0) is 19.6. The Balaban J connectivity index is 1.93. The van der Waals surface area contributed by atoms with Gasteiger partial charge in [-0.3, -0.25) is 9.59 Å². The Labute approximate surface area is 167 Å². The highest BCUT2D eigenvalue weighted by molar-refractivity contribution is 6.36. The summed E-state index contributed by atoms with van der Waals surface area (Å²) in [5.41, 5.74) is 3.56. The molecule has 0 aliphatic carbocycles. The third-order valence-electron chi connectivity index (χ3n) is 3.42. The molecular formula is C19H19Cl2N3O3. The number of nitrogens with one attached hydrogen (secondary N) is 2. The van der Waals surface area contributed by atoms with E-state index in [-0.39, 0.29) is 6.61 Å². The predicted octanol–water partition coefficient (Wildman–Crippen LogP) is 3.55. The topological polar surface area (TPSA) is 79.8 Å². The van der Waals surface area contributed by atoms with E-state index in [9.17, 15) is 9.59 Å². The molecule has 2 aromatic carbocycles. The Morgan fingerprint density at radius 3 is 2.52 bits per heavy atom. The van der Waals surface area contributed by atoms with Crippen LogP contribution in [0, 0.1) is 0 Å². The monoisotopic (exact) mass is 407 g/mol. The average molecular weight is 408 g/mol. The van der Waals surface area contributed by atoms with Crippen LogP contribution < -0.4 is 15.5 Å². The van der Waals surface area contributed by atoms with Crippen LogP contribution >= 0.6 is 23.2 Å². The highest BCUT2D eigenvalue weighted by Gasteiger charge is 2.10. The quantitative estimate of drug-likeness (QED) is 0.418. The van der Waals surface area contributed by atoms with E-state index in [1.165, 1.54) is 6.21 Å². The molecule has 0 fully saturated rings. The smallest absolute Gasteiger partial charge is 0.329 e. The van der Waals surface area contributed by atoms with Crippen LogP contribution in [0.15, 0.2) is 47.6 Å². The molecular weight excluding hydrogens is 389 g/mol. The Hall–Kier alpha value is -2.57. The van der Waals surface area contributed by atoms with E-state index in [2.05, 4.69) is 15.8 Å². The minimum Gasteiger partial charge on any atom is -0.489 e. The largest absolute Gasteiger partial charge is 0.489 e. The van der Waals surface area contributed by atoms with Crippen molar-refractivity contribution in [3.05, 3.63) is 63.6 Å². The third kappa shape index (κ3) is 6.58. The van der Waals surface area contributed by atoms with Crippen molar-refractivity contribution >= 4 is 41.2 Å². The first-order valence-electron chi connectivity index (χ1n) is 8.28. The van der Waals surface area contributed by atoms with Gasteiger partial charge in [-0.1, -0.05) is 48.3 Å². The first-order chi connectivity index (χ1) is 13.0. The lowest BCUT2D eigenvalue weighted by atomic mass is 10.2. The highest BCUT2D eigenvalue weighted by atomic mass is 35.5. The van der Waals surface area contributed by atoms with Crippen molar-refractivity contribution in [1.82, 2.24) is 10.7 Å². The highest BCUT2D eigenvalue weighted by Crippen LogP contribution is 2.25. The number of hydrogen-bond donors (Lipinski definition) is 2. The van der Waals surface area contributed by atoms with Gasteiger partial charge < -0.3 is 10.1 Å². The number of ether oxygens (including phenoxy) is 1. The van der Waals surface area contributed by atoms with Crippen molar-refractivity contribution in [2.75, 3.05) is 6.54 Å². The van der Waals surface area contributed by atoms with Gasteiger partial charge in [-0.25, -0.2) is 5.43 Å². The number of hydrazone groups is 1. The van der Waals surface area contributed by atoms with Crippen LogP contribution in [0.5, 0.6) is 5.75 Å². The molecule has 2 rings (SSSR count). The molecule has 0 unspecified atom stereocenters. The fraction of sp³-hybridized carbons (Fsp3) is 0.211. The van der Waals surface area contributed by atoms with E-state index in [0.717, 1.165) is 6.42 Å². The van der Waals surface area contributed by atoms with E-state index in [0.29, 0.717) is 33.5 Å². The lowest BCUT2D eigenvalue weighted by molar-refractivity contribution is -0.139. The van der Waals surface area contributed by atoms with Crippen LogP contribution in [0.25, 0.3) is 0 Å². The van der Waals surface area contributed by atoms with Crippen molar-refractivity contribution in [2.45, 2.75) is 20.0 Å². The maximum atomic E-state index is 11.5. The Morgan fingerprint density at radius 2 is 1.81 bits per heavy atom. The van der Waals surface area contributed by atoms with Gasteiger partial charge in [-0.15, -0.1) is 0 Å². The summed E-state index contributed by atoms with van der Waals surface area (Å²) in [6.45, 7) is 2.54. The van der Waals surface area contributed by atoms with Crippen molar-refractivity contribution in [3.8, 4) is 5.75 Å². The van der Waals surface area contributed by atoms with Crippen LogP contribution in [-0.2, 0) is 16.2 Å². The zero-order valence-corrected chi connectivity index (χ0v) is 16.2. The second kappa shape index (κ2) is 10.5. The van der Waals surface area contributed by atoms with E-state index < -0.39 is 11.8 Å². The fourth-order valence-electron chi connectivity index (χ4n) is 2.05. The molecule has 0 aliphatic rings. The number of nitrogens with zero attached hydrogens (tertiary/aromatic N) is 1. The van der Waals surface area contributed by atoms with Gasteiger partial charge in [0, 0.05) is 22.2 Å². The van der Waals surface area contributed by atoms with Crippen molar-refractivity contribution in [1.29, 1.82) is 0 Å². The van der Waals surface area contributed by atoms with Crippen LogP contribution in [0.3, 0.4) is 0 Å². The van der Waals surface area contributed by atoms with Gasteiger partial charge in [0.05, 0.1) is 6.21 Å². The van der Waals surface area contributed by atoms with Crippen molar-refractivity contribution < 1.29 is 14.3 Å². The number of hydrogen-bond acceptors (Lipinski definition) is 4. The first kappa shape index (κ1) is 20.7. The summed E-state index contributed by atoms with van der Waals surface area (Å²) >= 11 is 12.2. The fourth-order valence-corrected chi connectivity index (χ4v) is 2.55. The molecule has 0 radical (unpaired) electrons. The van der Waals surface area contributed by atoms with Crippen LogP contribution in [0.4, 0.5) is 0 Å². The second-order valence-corrected chi connectivity index (χ2v) is 6.33. The van der Waals surface area contributed by atoms with Gasteiger partial charge >= 0.3 is 11.8 Å². The summed E-state index contributed by atoms with van der Waals surface area (Å²) in [4.78, 5) is 23.0. The van der Waals surface area contributed by atoms with E-state index in [1.54, 1.807) is 42.5 Å². The summed E-state index contributed by atoms with van der Waals surface area (Å²) in [5.74, 6) is -0.954. The molecule has 0 spiro atoms. The van der Waals surface area contributed by atoms with Crippen molar-refractivity contribution in [2.24, 2.45) is 5.10 Å². The zero-order valence-electron chi connectivity index (χ0n) is 14.7. The lowest BCUT2D eigenvalue weighted by Gasteiger charge is -2.09. The maximum absolute atomic E-state index is 11.5. The Kier molecular flexibility index (Phi) is 8.10. The maximum Gasteiger partial charge on any atom is 0.329 e. The van der Waals surface area contributed by atoms with Gasteiger partial charge in [0.15, 0.2) is 0 Å². The Morgan fingerprint density at radius 1 is 1.11 bits per heavy atom. The van der Waals surface area contributed by atoms with Gasteiger partial charge in [-0.2, -0.15) is 5.10 Å². The number of amides is 2. The number of halogens is 2. The normalized spacial score (nSPS) is 10.6. The van der Waals surface area contributed by atoms with Crippen LogP contribution in [0.2, 0.25) is 10.0 Å². The average Bonchev–Trinajstić information content (AvgIpc) is 2.66. The standard InChI is InChI=1S/C19H19Cl2N3O3/c1-2-9-22-18(25)19(26)24-23-11-13-5-3-6-14(10-13)27-12-15-16(20)7-4-8-17(15)21/h3-8,10-11H,2,9,12H2,1H3,(H,22,25)(H,24,26)/b23-11-. The van der Waals surface area contributed by atoms with E-state index in [4.69, 9.17) is 27.9 Å². The molecule has 0 bridgehead atoms. The minimum atomic E-state index is -0.819. The summed E-state index contributed by atoms with van der Waals surface area (Å²) < 4.78 is 5.72. The number of carbonyl (C=O) groups is 2. The van der Waals surface area contributed by atoms with Gasteiger partial charge in [-0.05, 0) is 36.2 Å². The SMILES string of the molecule is CCCNC(=O)C(=O)N/N=C\c1cccc(OCc2c(Cl)cccc2Cl)c1. The molecule has 0 aliphatic heterocycles. The van der Waals surface area contributed by atoms with E-state index >= 15 is 0 Å². The van der Waals surface area contributed by atoms with Crippen LogP contribution in [0.1, 0.15) is 24.5 Å². The van der Waals surface area contributed by atoms with Gasteiger partial charge in [0.1, 0.15) is 12.4 Å². The first-order valence-corrected chi connectivity index (χ1v) is 9.04. The van der Waals surface area contributed by atoms with Crippen LogP contribution in [-0.4, -0.2) is 24.6 Å². The number of carbonyl (C=O) groups excluding carboxylic acids is 2. The molecule has 2 amide bonds.